The Morgan fingerprint density at radius 3 is 2.26 bits per heavy atom. The first-order valence-electron chi connectivity index (χ1n) is 6.60. The highest BCUT2D eigenvalue weighted by Crippen LogP contribution is 2.24. The van der Waals surface area contributed by atoms with E-state index in [-0.39, 0.29) is 16.3 Å². The fourth-order valence-corrected chi connectivity index (χ4v) is 1.86. The van der Waals surface area contributed by atoms with Crippen molar-refractivity contribution in [3.05, 3.63) is 76.2 Å². The number of halogens is 3. The molecule has 2 rings (SSSR count). The van der Waals surface area contributed by atoms with E-state index in [2.05, 4.69) is 11.9 Å². The van der Waals surface area contributed by atoms with Crippen LogP contribution >= 0.6 is 23.2 Å². The molecule has 3 nitrogen and oxygen atoms in total. The average Bonchev–Trinajstić information content (AvgIpc) is 2.52. The molecule has 0 unspecified atom stereocenters. The quantitative estimate of drug-likeness (QED) is 0.488. The molecule has 0 saturated carbocycles. The second-order valence-electron chi connectivity index (χ2n) is 4.41. The predicted octanol–water partition coefficient (Wildman–Crippen LogP) is 4.74. The molecule has 0 aliphatic heterocycles. The summed E-state index contributed by atoms with van der Waals surface area (Å²) in [6.45, 7) is 3.53. The van der Waals surface area contributed by atoms with E-state index in [0.29, 0.717) is 10.8 Å². The highest BCUT2D eigenvalue weighted by atomic mass is 35.5. The first-order chi connectivity index (χ1) is 10.9. The lowest BCUT2D eigenvalue weighted by molar-refractivity contribution is 0.0986. The molecule has 2 aromatic carbocycles. The number of benzene rings is 2. The topological polar surface area (TPSA) is 38.3 Å². The maximum absolute atomic E-state index is 13.3. The van der Waals surface area contributed by atoms with Crippen LogP contribution < -0.4 is 10.1 Å². The van der Waals surface area contributed by atoms with Gasteiger partial charge in [-0.1, -0.05) is 35.8 Å². The molecule has 0 saturated heterocycles. The van der Waals surface area contributed by atoms with E-state index in [9.17, 15) is 9.18 Å². The summed E-state index contributed by atoms with van der Waals surface area (Å²) in [5, 5.41) is 3.04. The molecule has 0 aliphatic rings. The molecule has 6 heteroatoms. The molecule has 0 radical (unpaired) electrons. The van der Waals surface area contributed by atoms with Crippen LogP contribution in [-0.4, -0.2) is 19.9 Å². The van der Waals surface area contributed by atoms with Crippen molar-refractivity contribution < 1.29 is 13.9 Å². The van der Waals surface area contributed by atoms with Gasteiger partial charge in [-0.2, -0.15) is 0 Å². The number of ether oxygens (including phenoxy) is 1. The monoisotopic (exact) mass is 355 g/mol. The summed E-state index contributed by atoms with van der Waals surface area (Å²) in [6, 6.07) is 10.4. The van der Waals surface area contributed by atoms with Crippen molar-refractivity contribution in [3.8, 4) is 5.75 Å². The third-order valence-corrected chi connectivity index (χ3v) is 3.14. The Morgan fingerprint density at radius 1 is 1.13 bits per heavy atom. The number of Topliss-reactive ketones (excluding diaryl/α,β-unsaturated/α-hetero) is 1. The number of carbonyl (C=O) groups is 1. The molecule has 2 aromatic rings. The van der Waals surface area contributed by atoms with Crippen LogP contribution in [0.2, 0.25) is 10.0 Å². The van der Waals surface area contributed by atoms with Gasteiger partial charge in [-0.15, -0.1) is 0 Å². The summed E-state index contributed by atoms with van der Waals surface area (Å²) in [7, 11) is 3.75. The maximum Gasteiger partial charge on any atom is 0.229 e. The lowest BCUT2D eigenvalue weighted by Gasteiger charge is -2.09. The number of hydrogen-bond donors (Lipinski definition) is 1. The highest BCUT2D eigenvalue weighted by molar-refractivity contribution is 6.35. The number of ketones is 1. The fraction of sp³-hybridized carbons (Fsp3) is 0.118. The van der Waals surface area contributed by atoms with Crippen LogP contribution in [-0.2, 0) is 0 Å². The summed E-state index contributed by atoms with van der Waals surface area (Å²) in [6.07, 6.45) is 0. The minimum atomic E-state index is -0.670. The van der Waals surface area contributed by atoms with Crippen LogP contribution in [0.4, 0.5) is 4.39 Å². The number of nitrogens with one attached hydrogen (secondary N) is 1. The van der Waals surface area contributed by atoms with E-state index >= 15 is 0 Å². The van der Waals surface area contributed by atoms with Gasteiger partial charge in [0.05, 0.1) is 5.02 Å². The predicted molar refractivity (Wildman–Crippen MR) is 91.9 cm³/mol. The van der Waals surface area contributed by atoms with Gasteiger partial charge in [0.15, 0.2) is 5.76 Å². The summed E-state index contributed by atoms with van der Waals surface area (Å²) < 4.78 is 18.6. The molecule has 0 bridgehead atoms. The van der Waals surface area contributed by atoms with Crippen LogP contribution in [0.15, 0.2) is 54.8 Å². The lowest BCUT2D eigenvalue weighted by atomic mass is 10.1. The Kier molecular flexibility index (Phi) is 7.75. The smallest absolute Gasteiger partial charge is 0.229 e. The van der Waals surface area contributed by atoms with Crippen molar-refractivity contribution in [2.75, 3.05) is 14.1 Å². The molecule has 0 amide bonds. The Balaban J connectivity index is 0.000000816. The third kappa shape index (κ3) is 5.67. The average molecular weight is 356 g/mol. The summed E-state index contributed by atoms with van der Waals surface area (Å²) in [5.74, 6) is -0.999. The van der Waals surface area contributed by atoms with Crippen LogP contribution in [0.3, 0.4) is 0 Å². The van der Waals surface area contributed by atoms with E-state index in [1.54, 1.807) is 24.3 Å². The first kappa shape index (κ1) is 19.2. The van der Waals surface area contributed by atoms with Crippen molar-refractivity contribution >= 4 is 29.0 Å². The second-order valence-corrected chi connectivity index (χ2v) is 5.22. The Hall–Kier alpha value is -1.88. The van der Waals surface area contributed by atoms with E-state index in [4.69, 9.17) is 27.9 Å². The van der Waals surface area contributed by atoms with Crippen LogP contribution in [0, 0.1) is 5.82 Å². The van der Waals surface area contributed by atoms with Gasteiger partial charge in [0, 0.05) is 10.6 Å². The van der Waals surface area contributed by atoms with Gasteiger partial charge in [0.1, 0.15) is 11.6 Å². The zero-order valence-corrected chi connectivity index (χ0v) is 14.2. The molecule has 0 heterocycles. The minimum Gasteiger partial charge on any atom is -0.454 e. The molecular formula is C17H16Cl2FNO2. The summed E-state index contributed by atoms with van der Waals surface area (Å²) in [4.78, 5) is 12.1. The van der Waals surface area contributed by atoms with Gasteiger partial charge >= 0.3 is 0 Å². The molecular weight excluding hydrogens is 340 g/mol. The number of carbonyl (C=O) groups excluding carboxylic acids is 1. The normalized spacial score (nSPS) is 9.61. The highest BCUT2D eigenvalue weighted by Gasteiger charge is 2.18. The Bertz CT molecular complexity index is 687. The van der Waals surface area contributed by atoms with Crippen molar-refractivity contribution in [3.63, 3.8) is 0 Å². The summed E-state index contributed by atoms with van der Waals surface area (Å²) >= 11 is 11.5. The van der Waals surface area contributed by atoms with Crippen LogP contribution in [0.1, 0.15) is 10.4 Å². The zero-order chi connectivity index (χ0) is 17.4. The van der Waals surface area contributed by atoms with Gasteiger partial charge in [-0.3, -0.25) is 4.79 Å². The molecule has 0 aliphatic carbocycles. The van der Waals surface area contributed by atoms with Gasteiger partial charge in [0.2, 0.25) is 5.78 Å². The summed E-state index contributed by atoms with van der Waals surface area (Å²) in [5.41, 5.74) is 0.00521. The molecule has 0 spiro atoms. The van der Waals surface area contributed by atoms with Crippen LogP contribution in [0.5, 0.6) is 5.75 Å². The molecule has 0 atom stereocenters. The second kappa shape index (κ2) is 9.30. The van der Waals surface area contributed by atoms with E-state index in [0.717, 1.165) is 0 Å². The van der Waals surface area contributed by atoms with Crippen molar-refractivity contribution in [2.24, 2.45) is 0 Å². The standard InChI is InChI=1S/C15H9Cl2FO2.C2H7N/c1-9(20-11-7-5-10(16)6-8-11)15(19)12-3-2-4-13(18)14(12)17;1-3-2/h2-8H,1H2;3H,1-2H3. The van der Waals surface area contributed by atoms with Crippen molar-refractivity contribution in [2.45, 2.75) is 0 Å². The maximum atomic E-state index is 13.3. The van der Waals surface area contributed by atoms with Gasteiger partial charge in [-0.25, -0.2) is 4.39 Å². The number of rotatable bonds is 4. The first-order valence-corrected chi connectivity index (χ1v) is 7.35. The van der Waals surface area contributed by atoms with Gasteiger partial charge < -0.3 is 10.1 Å². The molecule has 0 fully saturated rings. The largest absolute Gasteiger partial charge is 0.454 e. The van der Waals surface area contributed by atoms with Gasteiger partial charge in [-0.05, 0) is 50.5 Å². The van der Waals surface area contributed by atoms with E-state index in [1.165, 1.54) is 18.2 Å². The minimum absolute atomic E-state index is 0.00521. The lowest BCUT2D eigenvalue weighted by Crippen LogP contribution is -2.09. The molecule has 23 heavy (non-hydrogen) atoms. The zero-order valence-electron chi connectivity index (χ0n) is 12.7. The van der Waals surface area contributed by atoms with Gasteiger partial charge in [0.25, 0.3) is 0 Å². The van der Waals surface area contributed by atoms with Crippen LogP contribution in [0.25, 0.3) is 0 Å². The third-order valence-electron chi connectivity index (χ3n) is 2.50. The molecule has 1 N–H and O–H groups in total. The van der Waals surface area contributed by atoms with Crippen molar-refractivity contribution in [1.82, 2.24) is 5.32 Å². The van der Waals surface area contributed by atoms with E-state index < -0.39 is 11.6 Å². The Morgan fingerprint density at radius 2 is 1.70 bits per heavy atom. The number of allylic oxidation sites excluding steroid dienone is 1. The molecule has 122 valence electrons. The Labute approximate surface area is 144 Å². The molecule has 0 aromatic heterocycles. The van der Waals surface area contributed by atoms with E-state index in [1.807, 2.05) is 14.1 Å². The SMILES string of the molecule is C=C(Oc1ccc(Cl)cc1)C(=O)c1cccc(F)c1Cl.CNC. The fourth-order valence-electron chi connectivity index (χ4n) is 1.52. The van der Waals surface area contributed by atoms with Crippen molar-refractivity contribution in [1.29, 1.82) is 0 Å². The number of hydrogen-bond acceptors (Lipinski definition) is 3.